The lowest BCUT2D eigenvalue weighted by atomic mass is 10.1. The minimum atomic E-state index is 0.712. The molecule has 0 fully saturated rings. The zero-order chi connectivity index (χ0) is 16.4. The van der Waals surface area contributed by atoms with Crippen molar-refractivity contribution in [2.45, 2.75) is 20.8 Å². The predicted octanol–water partition coefficient (Wildman–Crippen LogP) is 6.18. The third kappa shape index (κ3) is 4.42. The van der Waals surface area contributed by atoms with Crippen molar-refractivity contribution >= 4 is 22.1 Å². The molecule has 0 aromatic heterocycles. The maximum absolute atomic E-state index is 5.96. The Morgan fingerprint density at radius 2 is 1.77 bits per heavy atom. The molecule has 0 bridgehead atoms. The maximum Gasteiger partial charge on any atom is 0.0936 e. The Morgan fingerprint density at radius 1 is 1.09 bits per heavy atom. The van der Waals surface area contributed by atoms with E-state index in [1.54, 1.807) is 6.08 Å². The number of rotatable bonds is 4. The summed E-state index contributed by atoms with van der Waals surface area (Å²) in [6.45, 7) is 9.67. The summed E-state index contributed by atoms with van der Waals surface area (Å²) in [5.41, 5.74) is 8.21. The minimum absolute atomic E-state index is 0.712. The van der Waals surface area contributed by atoms with Gasteiger partial charge in [-0.05, 0) is 31.2 Å². The molecule has 0 atom stereocenters. The highest BCUT2D eigenvalue weighted by molar-refractivity contribution is 5.99. The topological polar surface area (TPSA) is 50.7 Å². The summed E-state index contributed by atoms with van der Waals surface area (Å²) in [6.07, 6.45) is 7.35. The zero-order valence-corrected chi connectivity index (χ0v) is 13.5. The third-order valence-corrected chi connectivity index (χ3v) is 2.88. The van der Waals surface area contributed by atoms with Crippen molar-refractivity contribution in [2.75, 3.05) is 5.73 Å². The maximum atomic E-state index is 5.96. The van der Waals surface area contributed by atoms with Gasteiger partial charge in [-0.1, -0.05) is 56.8 Å². The molecule has 0 unspecified atom stereocenters. The highest BCUT2D eigenvalue weighted by Crippen LogP contribution is 2.30. The van der Waals surface area contributed by atoms with Crippen molar-refractivity contribution in [1.82, 2.24) is 0 Å². The molecule has 0 amide bonds. The van der Waals surface area contributed by atoms with E-state index in [0.29, 0.717) is 5.70 Å². The molecule has 0 aliphatic carbocycles. The lowest BCUT2D eigenvalue weighted by Gasteiger charge is -2.04. The second-order valence-electron chi connectivity index (χ2n) is 4.24. The van der Waals surface area contributed by atoms with Crippen LogP contribution in [0.2, 0.25) is 0 Å². The van der Waals surface area contributed by atoms with Crippen LogP contribution in [0.5, 0.6) is 0 Å². The van der Waals surface area contributed by atoms with E-state index in [4.69, 9.17) is 5.73 Å². The second kappa shape index (κ2) is 9.29. The van der Waals surface area contributed by atoms with Gasteiger partial charge in [-0.15, -0.1) is 5.11 Å². The van der Waals surface area contributed by atoms with E-state index in [9.17, 15) is 0 Å². The molecule has 0 heterocycles. The number of fused-ring (bicyclic) bond motifs is 1. The second-order valence-corrected chi connectivity index (χ2v) is 4.24. The summed E-state index contributed by atoms with van der Waals surface area (Å²) in [5, 5.41) is 10.5. The molecule has 2 N–H and O–H groups in total. The molecule has 0 saturated carbocycles. The third-order valence-electron chi connectivity index (χ3n) is 2.88. The van der Waals surface area contributed by atoms with Crippen LogP contribution in [0.25, 0.3) is 10.8 Å². The first-order valence-corrected chi connectivity index (χ1v) is 7.40. The van der Waals surface area contributed by atoms with Gasteiger partial charge in [0.05, 0.1) is 11.4 Å². The summed E-state index contributed by atoms with van der Waals surface area (Å²) in [5.74, 6) is 0. The number of nitrogens with two attached hydrogens (primary N) is 1. The standard InChI is InChI=1S/C17H17N3.C2H6/c1-3-5-8-13(4-2)19-20-17-12-11-16(18)14-9-6-7-10-15(14)17;1-2/h3-12H,2,18H2,1H3;1-2H3/b5-3-,13-8+,20-19?;. The van der Waals surface area contributed by atoms with Crippen molar-refractivity contribution < 1.29 is 0 Å². The van der Waals surface area contributed by atoms with Gasteiger partial charge in [0.1, 0.15) is 0 Å². The van der Waals surface area contributed by atoms with Crippen molar-refractivity contribution in [3.8, 4) is 0 Å². The molecule has 2 aromatic rings. The lowest BCUT2D eigenvalue weighted by Crippen LogP contribution is -1.86. The van der Waals surface area contributed by atoms with Crippen molar-refractivity contribution in [2.24, 2.45) is 10.2 Å². The van der Waals surface area contributed by atoms with Gasteiger partial charge in [-0.3, -0.25) is 0 Å². The lowest BCUT2D eigenvalue weighted by molar-refractivity contribution is 1.18. The van der Waals surface area contributed by atoms with Gasteiger partial charge in [-0.2, -0.15) is 5.11 Å². The Bertz CT molecular complexity index is 710. The van der Waals surface area contributed by atoms with Crippen LogP contribution in [0, 0.1) is 0 Å². The van der Waals surface area contributed by atoms with Crippen molar-refractivity contribution in [3.63, 3.8) is 0 Å². The minimum Gasteiger partial charge on any atom is -0.398 e. The highest BCUT2D eigenvalue weighted by Gasteiger charge is 2.02. The van der Waals surface area contributed by atoms with Crippen LogP contribution in [-0.4, -0.2) is 0 Å². The number of benzene rings is 2. The van der Waals surface area contributed by atoms with Crippen LogP contribution in [0.3, 0.4) is 0 Å². The molecule has 0 saturated heterocycles. The van der Waals surface area contributed by atoms with E-state index >= 15 is 0 Å². The van der Waals surface area contributed by atoms with Crippen LogP contribution in [0.4, 0.5) is 11.4 Å². The van der Waals surface area contributed by atoms with Crippen LogP contribution in [0.15, 0.2) is 83.2 Å². The number of nitrogens with zero attached hydrogens (tertiary/aromatic N) is 2. The molecule has 3 heteroatoms. The average Bonchev–Trinajstić information content (AvgIpc) is 2.59. The van der Waals surface area contributed by atoms with E-state index in [0.717, 1.165) is 22.1 Å². The van der Waals surface area contributed by atoms with Crippen LogP contribution >= 0.6 is 0 Å². The Labute approximate surface area is 132 Å². The molecular weight excluding hydrogens is 270 g/mol. The largest absolute Gasteiger partial charge is 0.398 e. The van der Waals surface area contributed by atoms with Crippen LogP contribution < -0.4 is 5.73 Å². The SMILES string of the molecule is C=C/C(=C\C=C/C)N=Nc1ccc(N)c2ccccc12.CC. The van der Waals surface area contributed by atoms with E-state index in [2.05, 4.69) is 16.8 Å². The molecule has 114 valence electrons. The summed E-state index contributed by atoms with van der Waals surface area (Å²) in [4.78, 5) is 0. The number of hydrogen-bond acceptors (Lipinski definition) is 3. The van der Waals surface area contributed by atoms with Gasteiger partial charge < -0.3 is 5.73 Å². The average molecular weight is 293 g/mol. The summed E-state index contributed by atoms with van der Waals surface area (Å²) < 4.78 is 0. The first kappa shape index (κ1) is 17.4. The number of nitrogen functional groups attached to an aromatic ring is 1. The summed E-state index contributed by atoms with van der Waals surface area (Å²) in [6, 6.07) is 11.6. The first-order valence-electron chi connectivity index (χ1n) is 7.40. The number of hydrogen-bond donors (Lipinski definition) is 1. The molecule has 0 radical (unpaired) electrons. The predicted molar refractivity (Wildman–Crippen MR) is 97.3 cm³/mol. The monoisotopic (exact) mass is 293 g/mol. The van der Waals surface area contributed by atoms with Crippen LogP contribution in [0.1, 0.15) is 20.8 Å². The molecule has 0 aliphatic rings. The smallest absolute Gasteiger partial charge is 0.0936 e. The Hall–Kier alpha value is -2.68. The molecule has 0 spiro atoms. The first-order chi connectivity index (χ1) is 10.8. The molecule has 2 aromatic carbocycles. The fraction of sp³-hybridized carbons (Fsp3) is 0.158. The normalized spacial score (nSPS) is 11.7. The zero-order valence-electron chi connectivity index (χ0n) is 13.5. The van der Waals surface area contributed by atoms with Crippen molar-refractivity contribution in [1.29, 1.82) is 0 Å². The van der Waals surface area contributed by atoms with Gasteiger partial charge >= 0.3 is 0 Å². The fourth-order valence-corrected chi connectivity index (χ4v) is 1.84. The number of allylic oxidation sites excluding steroid dienone is 4. The van der Waals surface area contributed by atoms with E-state index < -0.39 is 0 Å². The summed E-state index contributed by atoms with van der Waals surface area (Å²) >= 11 is 0. The van der Waals surface area contributed by atoms with Crippen LogP contribution in [-0.2, 0) is 0 Å². The quantitative estimate of drug-likeness (QED) is 0.408. The van der Waals surface area contributed by atoms with Gasteiger partial charge in [-0.25, -0.2) is 0 Å². The molecular formula is C19H23N3. The van der Waals surface area contributed by atoms with E-state index in [-0.39, 0.29) is 0 Å². The Morgan fingerprint density at radius 3 is 2.41 bits per heavy atom. The Kier molecular flexibility index (Phi) is 7.34. The molecule has 3 nitrogen and oxygen atoms in total. The number of azo groups is 1. The van der Waals surface area contributed by atoms with Crippen molar-refractivity contribution in [3.05, 3.63) is 73.0 Å². The molecule has 0 aliphatic heterocycles. The molecule has 22 heavy (non-hydrogen) atoms. The van der Waals surface area contributed by atoms with E-state index in [1.807, 2.05) is 75.4 Å². The Balaban J connectivity index is 0.00000116. The van der Waals surface area contributed by atoms with Gasteiger partial charge in [0, 0.05) is 16.5 Å². The number of anilines is 1. The fourth-order valence-electron chi connectivity index (χ4n) is 1.84. The molecule has 2 rings (SSSR count). The van der Waals surface area contributed by atoms with E-state index in [1.165, 1.54) is 0 Å². The highest BCUT2D eigenvalue weighted by atomic mass is 15.1. The van der Waals surface area contributed by atoms with Gasteiger partial charge in [0.2, 0.25) is 0 Å². The van der Waals surface area contributed by atoms with Gasteiger partial charge in [0.25, 0.3) is 0 Å². The summed E-state index contributed by atoms with van der Waals surface area (Å²) in [7, 11) is 0. The van der Waals surface area contributed by atoms with Gasteiger partial charge in [0.15, 0.2) is 0 Å².